The van der Waals surface area contributed by atoms with E-state index >= 15 is 0 Å². The summed E-state index contributed by atoms with van der Waals surface area (Å²) in [7, 11) is -1.59. The summed E-state index contributed by atoms with van der Waals surface area (Å²) in [5.41, 5.74) is 0.778. The number of hydrogen-bond donors (Lipinski definition) is 2. The van der Waals surface area contributed by atoms with Crippen molar-refractivity contribution in [3.05, 3.63) is 24.3 Å². The second-order valence-corrected chi connectivity index (χ2v) is 3.27. The first-order valence-electron chi connectivity index (χ1n) is 5.14. The predicted octanol–water partition coefficient (Wildman–Crippen LogP) is -0.185. The summed E-state index contributed by atoms with van der Waals surface area (Å²) in [6, 6.07) is 6.67. The van der Waals surface area contributed by atoms with E-state index in [9.17, 15) is 10.0 Å². The fourth-order valence-corrected chi connectivity index (χ4v) is 1.42. The van der Waals surface area contributed by atoms with Gasteiger partial charge < -0.3 is 19.2 Å². The van der Waals surface area contributed by atoms with Crippen LogP contribution in [0.3, 0.4) is 0 Å². The van der Waals surface area contributed by atoms with Gasteiger partial charge in [0.05, 0.1) is 6.61 Å². The average molecular weight is 234 g/mol. The molecule has 0 unspecified atom stereocenters. The molecule has 2 N–H and O–H groups in total. The van der Waals surface area contributed by atoms with Crippen LogP contribution in [0.25, 0.3) is 11.5 Å². The maximum absolute atomic E-state index is 9.21. The lowest BCUT2D eigenvalue weighted by Crippen LogP contribution is -2.31. The van der Waals surface area contributed by atoms with Crippen molar-refractivity contribution >= 4 is 12.6 Å². The smallest absolute Gasteiger partial charge is 0.449 e. The Morgan fingerprint density at radius 1 is 1.29 bits per heavy atom. The zero-order valence-corrected chi connectivity index (χ0v) is 9.20. The Bertz CT molecular complexity index is 501. The van der Waals surface area contributed by atoms with E-state index in [1.54, 1.807) is 31.2 Å². The Kier molecular flexibility index (Phi) is 3.41. The maximum atomic E-state index is 9.21. The minimum Gasteiger partial charge on any atom is -0.449 e. The molecule has 0 amide bonds. The fourth-order valence-electron chi connectivity index (χ4n) is 1.42. The Hall–Kier alpha value is -1.86. The van der Waals surface area contributed by atoms with Crippen molar-refractivity contribution in [3.63, 3.8) is 0 Å². The van der Waals surface area contributed by atoms with Crippen LogP contribution >= 0.6 is 0 Å². The molecule has 6 nitrogen and oxygen atoms in total. The minimum absolute atomic E-state index is 0.0599. The predicted molar refractivity (Wildman–Crippen MR) is 60.7 cm³/mol. The standard InChI is InChI=1S/C10H11BN2O4/c1-2-16-10-13-12-9(17-10)7-5-3-4-6-8(7)11(14)15/h3-6,14-15H,2H2,1H3. The number of hydrogen-bond acceptors (Lipinski definition) is 6. The largest absolute Gasteiger partial charge is 0.489 e. The summed E-state index contributed by atoms with van der Waals surface area (Å²) < 4.78 is 10.3. The lowest BCUT2D eigenvalue weighted by Gasteiger charge is -2.03. The highest BCUT2D eigenvalue weighted by molar-refractivity contribution is 6.60. The lowest BCUT2D eigenvalue weighted by atomic mass is 9.77. The molecule has 1 heterocycles. The van der Waals surface area contributed by atoms with Gasteiger partial charge in [-0.15, -0.1) is 5.10 Å². The van der Waals surface area contributed by atoms with E-state index in [4.69, 9.17) is 9.15 Å². The molecule has 2 rings (SSSR count). The summed E-state index contributed by atoms with van der Waals surface area (Å²) in [4.78, 5) is 0. The molecule has 0 saturated heterocycles. The summed E-state index contributed by atoms with van der Waals surface area (Å²) in [5.74, 6) is 0.192. The first kappa shape index (κ1) is 11.6. The highest BCUT2D eigenvalue weighted by Crippen LogP contribution is 2.19. The zero-order chi connectivity index (χ0) is 12.3. The van der Waals surface area contributed by atoms with Crippen LogP contribution in [0.4, 0.5) is 0 Å². The number of ether oxygens (including phenoxy) is 1. The molecule has 0 spiro atoms. The van der Waals surface area contributed by atoms with Crippen LogP contribution in [0.15, 0.2) is 28.7 Å². The zero-order valence-electron chi connectivity index (χ0n) is 9.20. The molecule has 0 aliphatic carbocycles. The Morgan fingerprint density at radius 2 is 2.06 bits per heavy atom. The van der Waals surface area contributed by atoms with Crippen LogP contribution < -0.4 is 10.2 Å². The van der Waals surface area contributed by atoms with E-state index in [1.165, 1.54) is 0 Å². The Labute approximate surface area is 98.0 Å². The number of rotatable bonds is 4. The molecule has 0 fully saturated rings. The van der Waals surface area contributed by atoms with Crippen molar-refractivity contribution in [2.24, 2.45) is 0 Å². The molecular weight excluding hydrogens is 223 g/mol. The second-order valence-electron chi connectivity index (χ2n) is 3.27. The lowest BCUT2D eigenvalue weighted by molar-refractivity contribution is 0.247. The highest BCUT2D eigenvalue weighted by Gasteiger charge is 2.20. The van der Waals surface area contributed by atoms with Gasteiger partial charge in [0.15, 0.2) is 0 Å². The second kappa shape index (κ2) is 4.98. The number of aromatic nitrogens is 2. The Balaban J connectivity index is 2.38. The van der Waals surface area contributed by atoms with Gasteiger partial charge in [-0.1, -0.05) is 23.3 Å². The van der Waals surface area contributed by atoms with Crippen molar-refractivity contribution in [1.29, 1.82) is 0 Å². The number of benzene rings is 1. The molecule has 7 heteroatoms. The van der Waals surface area contributed by atoms with Crippen LogP contribution in [0, 0.1) is 0 Å². The van der Waals surface area contributed by atoms with E-state index in [2.05, 4.69) is 10.2 Å². The van der Waals surface area contributed by atoms with Crippen molar-refractivity contribution in [2.45, 2.75) is 6.92 Å². The van der Waals surface area contributed by atoms with Gasteiger partial charge in [0.25, 0.3) is 5.89 Å². The fraction of sp³-hybridized carbons (Fsp3) is 0.200. The monoisotopic (exact) mass is 234 g/mol. The summed E-state index contributed by atoms with van der Waals surface area (Å²) in [6.45, 7) is 2.22. The third kappa shape index (κ3) is 2.46. The molecule has 0 bridgehead atoms. The summed E-state index contributed by atoms with van der Waals surface area (Å²) >= 11 is 0. The van der Waals surface area contributed by atoms with E-state index in [1.807, 2.05) is 0 Å². The van der Waals surface area contributed by atoms with Crippen LogP contribution in [0.1, 0.15) is 6.92 Å². The van der Waals surface area contributed by atoms with Crippen molar-refractivity contribution < 1.29 is 19.2 Å². The molecule has 0 aliphatic heterocycles. The van der Waals surface area contributed by atoms with Crippen LogP contribution in [0.5, 0.6) is 6.08 Å². The van der Waals surface area contributed by atoms with E-state index < -0.39 is 7.12 Å². The highest BCUT2D eigenvalue weighted by atomic mass is 16.6. The van der Waals surface area contributed by atoms with Crippen molar-refractivity contribution in [3.8, 4) is 17.5 Å². The van der Waals surface area contributed by atoms with Gasteiger partial charge in [0.2, 0.25) is 0 Å². The van der Waals surface area contributed by atoms with Gasteiger partial charge in [0.1, 0.15) is 0 Å². The quantitative estimate of drug-likeness (QED) is 0.713. The molecule has 0 radical (unpaired) electrons. The van der Waals surface area contributed by atoms with Crippen LogP contribution in [-0.4, -0.2) is 34.0 Å². The maximum Gasteiger partial charge on any atom is 0.489 e. The van der Waals surface area contributed by atoms with Crippen LogP contribution in [0.2, 0.25) is 0 Å². The molecule has 0 atom stereocenters. The molecule has 88 valence electrons. The van der Waals surface area contributed by atoms with Gasteiger partial charge in [-0.25, -0.2) is 0 Å². The molecule has 1 aromatic heterocycles. The molecule has 0 aliphatic rings. The molecule has 17 heavy (non-hydrogen) atoms. The Morgan fingerprint density at radius 3 is 2.76 bits per heavy atom. The van der Waals surface area contributed by atoms with Crippen LogP contribution in [-0.2, 0) is 0 Å². The molecule has 2 aromatic rings. The van der Waals surface area contributed by atoms with E-state index in [0.717, 1.165) is 0 Å². The molecule has 0 saturated carbocycles. The summed E-state index contributed by atoms with van der Waals surface area (Å²) in [5, 5.41) is 25.9. The molecule has 1 aromatic carbocycles. The third-order valence-corrected chi connectivity index (χ3v) is 2.14. The first-order chi connectivity index (χ1) is 8.22. The first-order valence-corrected chi connectivity index (χ1v) is 5.14. The topological polar surface area (TPSA) is 88.6 Å². The SMILES string of the molecule is CCOc1nnc(-c2ccccc2B(O)O)o1. The van der Waals surface area contributed by atoms with E-state index in [-0.39, 0.29) is 12.0 Å². The van der Waals surface area contributed by atoms with Crippen molar-refractivity contribution in [1.82, 2.24) is 10.2 Å². The third-order valence-electron chi connectivity index (χ3n) is 2.14. The van der Waals surface area contributed by atoms with Gasteiger partial charge >= 0.3 is 13.2 Å². The minimum atomic E-state index is -1.59. The normalized spacial score (nSPS) is 10.3. The van der Waals surface area contributed by atoms with Gasteiger partial charge in [-0.3, -0.25) is 0 Å². The van der Waals surface area contributed by atoms with Gasteiger partial charge in [-0.2, -0.15) is 0 Å². The summed E-state index contributed by atoms with van der Waals surface area (Å²) in [6.07, 6.45) is 0.0599. The van der Waals surface area contributed by atoms with E-state index in [0.29, 0.717) is 17.6 Å². The van der Waals surface area contributed by atoms with Gasteiger partial charge in [0, 0.05) is 5.56 Å². The number of nitrogens with zero attached hydrogens (tertiary/aromatic N) is 2. The van der Waals surface area contributed by atoms with Crippen molar-refractivity contribution in [2.75, 3.05) is 6.61 Å². The van der Waals surface area contributed by atoms with Gasteiger partial charge in [-0.05, 0) is 18.5 Å². The molecular formula is C10H11BN2O4. The average Bonchev–Trinajstić information content (AvgIpc) is 2.78.